The standard InChI is InChI=1S/C8H13N3O3S/c1-5-6(15-11-10-5)7(13)9-3-8(2,14)4-12/h12,14H,3-4H2,1-2H3,(H,9,13). The number of aliphatic hydroxyl groups excluding tert-OH is 1. The number of carbonyl (C=O) groups excluding carboxylic acids is 1. The molecule has 1 aromatic heterocycles. The van der Waals surface area contributed by atoms with E-state index in [2.05, 4.69) is 14.9 Å². The number of hydrogen-bond acceptors (Lipinski definition) is 6. The smallest absolute Gasteiger partial charge is 0.265 e. The quantitative estimate of drug-likeness (QED) is 0.638. The fourth-order valence-corrected chi connectivity index (χ4v) is 1.42. The van der Waals surface area contributed by atoms with E-state index in [1.807, 2.05) is 0 Å². The maximum Gasteiger partial charge on any atom is 0.265 e. The van der Waals surface area contributed by atoms with Gasteiger partial charge in [-0.15, -0.1) is 5.10 Å². The first kappa shape index (κ1) is 12.0. The van der Waals surface area contributed by atoms with Crippen LogP contribution < -0.4 is 5.32 Å². The number of aliphatic hydroxyl groups is 2. The van der Waals surface area contributed by atoms with Gasteiger partial charge in [0.25, 0.3) is 5.91 Å². The molecule has 0 radical (unpaired) electrons. The molecule has 0 bridgehead atoms. The Hall–Kier alpha value is -1.05. The normalized spacial score (nSPS) is 14.7. The summed E-state index contributed by atoms with van der Waals surface area (Å²) in [5, 5.41) is 24.4. The van der Waals surface area contributed by atoms with E-state index < -0.39 is 12.2 Å². The van der Waals surface area contributed by atoms with Crippen molar-refractivity contribution in [2.45, 2.75) is 19.4 Å². The summed E-state index contributed by atoms with van der Waals surface area (Å²) in [4.78, 5) is 11.9. The SMILES string of the molecule is Cc1nnsc1C(=O)NCC(C)(O)CO. The van der Waals surface area contributed by atoms with Crippen molar-refractivity contribution in [2.75, 3.05) is 13.2 Å². The Morgan fingerprint density at radius 1 is 1.67 bits per heavy atom. The van der Waals surface area contributed by atoms with E-state index >= 15 is 0 Å². The monoisotopic (exact) mass is 231 g/mol. The van der Waals surface area contributed by atoms with Crippen molar-refractivity contribution in [1.82, 2.24) is 14.9 Å². The van der Waals surface area contributed by atoms with Crippen LogP contribution in [0, 0.1) is 6.92 Å². The van der Waals surface area contributed by atoms with Gasteiger partial charge in [0.1, 0.15) is 10.5 Å². The molecule has 1 rings (SSSR count). The van der Waals surface area contributed by atoms with Crippen molar-refractivity contribution in [3.05, 3.63) is 10.6 Å². The molecule has 1 unspecified atom stereocenters. The second-order valence-corrected chi connectivity index (χ2v) is 4.28. The highest BCUT2D eigenvalue weighted by molar-refractivity contribution is 7.07. The Balaban J connectivity index is 2.55. The number of aromatic nitrogens is 2. The summed E-state index contributed by atoms with van der Waals surface area (Å²) in [6.45, 7) is 2.69. The molecule has 1 atom stereocenters. The fraction of sp³-hybridized carbons (Fsp3) is 0.625. The van der Waals surface area contributed by atoms with Gasteiger partial charge in [-0.1, -0.05) is 4.49 Å². The second kappa shape index (κ2) is 4.65. The van der Waals surface area contributed by atoms with Crippen LogP contribution >= 0.6 is 11.5 Å². The van der Waals surface area contributed by atoms with E-state index in [9.17, 15) is 9.90 Å². The van der Waals surface area contributed by atoms with Crippen molar-refractivity contribution < 1.29 is 15.0 Å². The van der Waals surface area contributed by atoms with Crippen molar-refractivity contribution in [3.63, 3.8) is 0 Å². The third kappa shape index (κ3) is 3.22. The lowest BCUT2D eigenvalue weighted by Gasteiger charge is -2.20. The maximum atomic E-state index is 11.5. The minimum absolute atomic E-state index is 0.0142. The lowest BCUT2D eigenvalue weighted by Crippen LogP contribution is -2.43. The van der Waals surface area contributed by atoms with E-state index in [1.54, 1.807) is 6.92 Å². The topological polar surface area (TPSA) is 95.3 Å². The molecule has 0 saturated carbocycles. The van der Waals surface area contributed by atoms with Crippen molar-refractivity contribution in [3.8, 4) is 0 Å². The molecule has 1 aromatic rings. The molecule has 0 aliphatic heterocycles. The van der Waals surface area contributed by atoms with Crippen LogP contribution in [0.25, 0.3) is 0 Å². The molecule has 0 aliphatic rings. The Morgan fingerprint density at radius 3 is 2.80 bits per heavy atom. The van der Waals surface area contributed by atoms with Gasteiger partial charge < -0.3 is 15.5 Å². The molecule has 6 nitrogen and oxygen atoms in total. The molecule has 1 heterocycles. The van der Waals surface area contributed by atoms with Gasteiger partial charge in [0.2, 0.25) is 0 Å². The van der Waals surface area contributed by atoms with E-state index in [4.69, 9.17) is 5.11 Å². The number of rotatable bonds is 4. The van der Waals surface area contributed by atoms with Crippen LogP contribution in [0.3, 0.4) is 0 Å². The highest BCUT2D eigenvalue weighted by atomic mass is 32.1. The molecular formula is C8H13N3O3S. The summed E-state index contributed by atoms with van der Waals surface area (Å²) in [7, 11) is 0. The van der Waals surface area contributed by atoms with Gasteiger partial charge in [-0.3, -0.25) is 4.79 Å². The molecule has 15 heavy (non-hydrogen) atoms. The largest absolute Gasteiger partial charge is 0.393 e. The Bertz CT molecular complexity index is 351. The number of aryl methyl sites for hydroxylation is 1. The predicted octanol–water partition coefficient (Wildman–Crippen LogP) is -0.680. The molecule has 0 aromatic carbocycles. The molecule has 0 spiro atoms. The van der Waals surface area contributed by atoms with Gasteiger partial charge in [0, 0.05) is 6.54 Å². The lowest BCUT2D eigenvalue weighted by molar-refractivity contribution is 0.00322. The number of nitrogens with zero attached hydrogens (tertiary/aromatic N) is 2. The number of amides is 1. The molecule has 0 saturated heterocycles. The summed E-state index contributed by atoms with van der Waals surface area (Å²) in [6, 6.07) is 0. The molecule has 0 aliphatic carbocycles. The van der Waals surface area contributed by atoms with E-state index in [0.29, 0.717) is 10.6 Å². The van der Waals surface area contributed by atoms with Gasteiger partial charge in [0.15, 0.2) is 0 Å². The number of carbonyl (C=O) groups is 1. The van der Waals surface area contributed by atoms with Gasteiger partial charge >= 0.3 is 0 Å². The Kier molecular flexibility index (Phi) is 3.72. The number of nitrogens with one attached hydrogen (secondary N) is 1. The van der Waals surface area contributed by atoms with Gasteiger partial charge in [0.05, 0.1) is 12.3 Å². The maximum absolute atomic E-state index is 11.5. The van der Waals surface area contributed by atoms with Gasteiger partial charge in [-0.25, -0.2) is 0 Å². The average Bonchev–Trinajstić information content (AvgIpc) is 2.61. The first-order valence-corrected chi connectivity index (χ1v) is 5.14. The molecule has 84 valence electrons. The molecule has 7 heteroatoms. The van der Waals surface area contributed by atoms with Crippen LogP contribution in [0.4, 0.5) is 0 Å². The van der Waals surface area contributed by atoms with Crippen LogP contribution in [0.15, 0.2) is 0 Å². The highest BCUT2D eigenvalue weighted by Crippen LogP contribution is 2.09. The Morgan fingerprint density at radius 2 is 2.33 bits per heavy atom. The van der Waals surface area contributed by atoms with Gasteiger partial charge in [-0.05, 0) is 25.4 Å². The van der Waals surface area contributed by atoms with E-state index in [-0.39, 0.29) is 12.5 Å². The first-order chi connectivity index (χ1) is 6.96. The third-order valence-electron chi connectivity index (χ3n) is 1.83. The van der Waals surface area contributed by atoms with Crippen LogP contribution in [-0.4, -0.2) is 44.5 Å². The summed E-state index contributed by atoms with van der Waals surface area (Å²) < 4.78 is 3.63. The predicted molar refractivity (Wildman–Crippen MR) is 54.7 cm³/mol. The zero-order valence-electron chi connectivity index (χ0n) is 8.52. The minimum Gasteiger partial charge on any atom is -0.393 e. The van der Waals surface area contributed by atoms with Gasteiger partial charge in [-0.2, -0.15) is 0 Å². The third-order valence-corrected chi connectivity index (χ3v) is 2.65. The van der Waals surface area contributed by atoms with Crippen LogP contribution in [0.5, 0.6) is 0 Å². The summed E-state index contributed by atoms with van der Waals surface area (Å²) in [5.41, 5.74) is -0.747. The lowest BCUT2D eigenvalue weighted by atomic mass is 10.1. The highest BCUT2D eigenvalue weighted by Gasteiger charge is 2.21. The van der Waals surface area contributed by atoms with Crippen molar-refractivity contribution >= 4 is 17.4 Å². The van der Waals surface area contributed by atoms with E-state index in [0.717, 1.165) is 11.5 Å². The van der Waals surface area contributed by atoms with Crippen molar-refractivity contribution in [1.29, 1.82) is 0 Å². The molecule has 1 amide bonds. The minimum atomic E-state index is -1.30. The number of hydrogen-bond donors (Lipinski definition) is 3. The molecule has 0 fully saturated rings. The first-order valence-electron chi connectivity index (χ1n) is 4.36. The van der Waals surface area contributed by atoms with Crippen LogP contribution in [0.2, 0.25) is 0 Å². The van der Waals surface area contributed by atoms with Crippen LogP contribution in [0.1, 0.15) is 22.3 Å². The second-order valence-electron chi connectivity index (χ2n) is 3.53. The summed E-state index contributed by atoms with van der Waals surface area (Å²) in [6.07, 6.45) is 0. The zero-order valence-corrected chi connectivity index (χ0v) is 9.34. The zero-order chi connectivity index (χ0) is 11.5. The van der Waals surface area contributed by atoms with Crippen LogP contribution in [-0.2, 0) is 0 Å². The molecular weight excluding hydrogens is 218 g/mol. The summed E-state index contributed by atoms with van der Waals surface area (Å²) >= 11 is 0.999. The molecule has 3 N–H and O–H groups in total. The fourth-order valence-electron chi connectivity index (χ4n) is 0.847. The Labute approximate surface area is 91.1 Å². The summed E-state index contributed by atoms with van der Waals surface area (Å²) in [5.74, 6) is -0.337. The average molecular weight is 231 g/mol. The van der Waals surface area contributed by atoms with E-state index in [1.165, 1.54) is 6.92 Å². The van der Waals surface area contributed by atoms with Crippen molar-refractivity contribution in [2.24, 2.45) is 0 Å².